The molecule has 6 nitrogen and oxygen atoms in total. The predicted octanol–water partition coefficient (Wildman–Crippen LogP) is 2.33. The standard InChI is InChI=1S/C19H24N4O2S/c24-19(17-6-5-16(26-17)15-4-2-7-20-15)22-13-14-3-1-8-21-18(14)23-9-11-25-12-10-23/h1,3,5-6,8,15,20H,2,4,7,9-13H2,(H,22,24). The number of rotatable bonds is 5. The molecule has 1 amide bonds. The van der Waals surface area contributed by atoms with Crippen LogP contribution in [0.25, 0.3) is 0 Å². The fourth-order valence-electron chi connectivity index (χ4n) is 3.48. The molecule has 7 heteroatoms. The topological polar surface area (TPSA) is 66.5 Å². The molecule has 0 saturated carbocycles. The zero-order chi connectivity index (χ0) is 17.8. The highest BCUT2D eigenvalue weighted by Crippen LogP contribution is 2.29. The fourth-order valence-corrected chi connectivity index (χ4v) is 4.51. The summed E-state index contributed by atoms with van der Waals surface area (Å²) in [6.07, 6.45) is 4.16. The molecule has 0 spiro atoms. The van der Waals surface area contributed by atoms with E-state index in [9.17, 15) is 4.79 Å². The van der Waals surface area contributed by atoms with Crippen LogP contribution in [-0.4, -0.2) is 43.7 Å². The van der Waals surface area contributed by atoms with Crippen LogP contribution in [0.3, 0.4) is 0 Å². The van der Waals surface area contributed by atoms with E-state index in [-0.39, 0.29) is 5.91 Å². The van der Waals surface area contributed by atoms with Crippen LogP contribution >= 0.6 is 11.3 Å². The van der Waals surface area contributed by atoms with E-state index >= 15 is 0 Å². The average Bonchev–Trinajstić information content (AvgIpc) is 3.38. The van der Waals surface area contributed by atoms with Crippen LogP contribution in [0, 0.1) is 0 Å². The van der Waals surface area contributed by atoms with Crippen molar-refractivity contribution in [3.8, 4) is 0 Å². The van der Waals surface area contributed by atoms with Gasteiger partial charge in [-0.25, -0.2) is 4.98 Å². The smallest absolute Gasteiger partial charge is 0.261 e. The third kappa shape index (κ3) is 3.90. The van der Waals surface area contributed by atoms with Crippen molar-refractivity contribution in [3.05, 3.63) is 45.8 Å². The molecule has 2 aliphatic heterocycles. The molecule has 0 aromatic carbocycles. The summed E-state index contributed by atoms with van der Waals surface area (Å²) in [4.78, 5) is 21.3. The molecule has 1 atom stereocenters. The highest BCUT2D eigenvalue weighted by Gasteiger charge is 2.20. The van der Waals surface area contributed by atoms with Crippen LogP contribution in [0.2, 0.25) is 0 Å². The Hall–Kier alpha value is -1.96. The van der Waals surface area contributed by atoms with Crippen LogP contribution in [0.4, 0.5) is 5.82 Å². The number of hydrogen-bond acceptors (Lipinski definition) is 6. The Balaban J connectivity index is 1.40. The molecule has 4 rings (SSSR count). The summed E-state index contributed by atoms with van der Waals surface area (Å²) in [6.45, 7) is 4.65. The van der Waals surface area contributed by atoms with Crippen LogP contribution in [0.5, 0.6) is 0 Å². The predicted molar refractivity (Wildman–Crippen MR) is 103 cm³/mol. The molecule has 0 bridgehead atoms. The number of hydrogen-bond donors (Lipinski definition) is 2. The van der Waals surface area contributed by atoms with Crippen molar-refractivity contribution in [1.29, 1.82) is 0 Å². The Bertz CT molecular complexity index is 752. The van der Waals surface area contributed by atoms with E-state index in [1.165, 1.54) is 11.3 Å². The summed E-state index contributed by atoms with van der Waals surface area (Å²) < 4.78 is 5.42. The maximum atomic E-state index is 12.6. The van der Waals surface area contributed by atoms with Gasteiger partial charge in [0.15, 0.2) is 0 Å². The molecule has 138 valence electrons. The highest BCUT2D eigenvalue weighted by atomic mass is 32.1. The van der Waals surface area contributed by atoms with Gasteiger partial charge in [-0.15, -0.1) is 11.3 Å². The average molecular weight is 372 g/mol. The van der Waals surface area contributed by atoms with Gasteiger partial charge in [0.2, 0.25) is 0 Å². The van der Waals surface area contributed by atoms with Crippen molar-refractivity contribution in [1.82, 2.24) is 15.6 Å². The number of nitrogens with zero attached hydrogens (tertiary/aromatic N) is 2. The number of pyridine rings is 1. The largest absolute Gasteiger partial charge is 0.378 e. The van der Waals surface area contributed by atoms with Crippen LogP contribution < -0.4 is 15.5 Å². The van der Waals surface area contributed by atoms with Crippen LogP contribution in [-0.2, 0) is 11.3 Å². The van der Waals surface area contributed by atoms with Crippen molar-refractivity contribution in [2.75, 3.05) is 37.7 Å². The Morgan fingerprint density at radius 2 is 2.23 bits per heavy atom. The molecule has 0 radical (unpaired) electrons. The Kier molecular flexibility index (Phi) is 5.48. The first-order chi connectivity index (χ1) is 12.8. The lowest BCUT2D eigenvalue weighted by Gasteiger charge is -2.29. The number of aromatic nitrogens is 1. The van der Waals surface area contributed by atoms with E-state index in [0.29, 0.717) is 12.6 Å². The third-order valence-electron chi connectivity index (χ3n) is 4.87. The highest BCUT2D eigenvalue weighted by molar-refractivity contribution is 7.14. The maximum Gasteiger partial charge on any atom is 0.261 e. The Morgan fingerprint density at radius 1 is 1.35 bits per heavy atom. The zero-order valence-corrected chi connectivity index (χ0v) is 15.6. The number of nitrogens with one attached hydrogen (secondary N) is 2. The first-order valence-corrected chi connectivity index (χ1v) is 10.0. The summed E-state index contributed by atoms with van der Waals surface area (Å²) in [6, 6.07) is 8.36. The number of morpholine rings is 1. The minimum absolute atomic E-state index is 0.0176. The second-order valence-corrected chi connectivity index (χ2v) is 7.73. The van der Waals surface area contributed by atoms with Gasteiger partial charge in [0.1, 0.15) is 5.82 Å². The first-order valence-electron chi connectivity index (χ1n) is 9.19. The van der Waals surface area contributed by atoms with Crippen LogP contribution in [0.15, 0.2) is 30.5 Å². The summed E-state index contributed by atoms with van der Waals surface area (Å²) in [7, 11) is 0. The van der Waals surface area contributed by atoms with Crippen molar-refractivity contribution in [3.63, 3.8) is 0 Å². The number of carbonyl (C=O) groups excluding carboxylic acids is 1. The number of carbonyl (C=O) groups is 1. The molecule has 2 N–H and O–H groups in total. The molecule has 2 aromatic heterocycles. The van der Waals surface area contributed by atoms with Gasteiger partial charge < -0.3 is 20.3 Å². The van der Waals surface area contributed by atoms with Crippen molar-refractivity contribution in [2.24, 2.45) is 0 Å². The van der Waals surface area contributed by atoms with Gasteiger partial charge in [-0.1, -0.05) is 6.07 Å². The number of amides is 1. The Morgan fingerprint density at radius 3 is 3.04 bits per heavy atom. The lowest BCUT2D eigenvalue weighted by Crippen LogP contribution is -2.37. The molecular formula is C19H24N4O2S. The first kappa shape index (κ1) is 17.5. The third-order valence-corrected chi connectivity index (χ3v) is 6.07. The molecule has 2 fully saturated rings. The van der Waals surface area contributed by atoms with Gasteiger partial charge in [0.25, 0.3) is 5.91 Å². The molecule has 0 aliphatic carbocycles. The zero-order valence-electron chi connectivity index (χ0n) is 14.7. The molecular weight excluding hydrogens is 348 g/mol. The Labute approximate surface area is 157 Å². The van der Waals surface area contributed by atoms with Crippen molar-refractivity contribution < 1.29 is 9.53 Å². The molecule has 2 saturated heterocycles. The number of ether oxygens (including phenoxy) is 1. The maximum absolute atomic E-state index is 12.6. The number of anilines is 1. The van der Waals surface area contributed by atoms with Gasteiger partial charge >= 0.3 is 0 Å². The summed E-state index contributed by atoms with van der Waals surface area (Å²) in [5, 5.41) is 6.53. The normalized spacial score (nSPS) is 20.3. The van der Waals surface area contributed by atoms with Gasteiger partial charge in [-0.2, -0.15) is 0 Å². The van der Waals surface area contributed by atoms with E-state index < -0.39 is 0 Å². The van der Waals surface area contributed by atoms with Crippen molar-refractivity contribution >= 4 is 23.1 Å². The number of thiophene rings is 1. The molecule has 1 unspecified atom stereocenters. The second kappa shape index (κ2) is 8.16. The molecule has 2 aliphatic rings. The monoisotopic (exact) mass is 372 g/mol. The summed E-state index contributed by atoms with van der Waals surface area (Å²) in [5.74, 6) is 0.925. The minimum atomic E-state index is -0.0176. The molecule has 4 heterocycles. The van der Waals surface area contributed by atoms with Gasteiger partial charge in [-0.05, 0) is 37.6 Å². The SMILES string of the molecule is O=C(NCc1cccnc1N1CCOCC1)c1ccc(C2CCCN2)s1. The van der Waals surface area contributed by atoms with E-state index in [4.69, 9.17) is 4.74 Å². The van der Waals surface area contributed by atoms with Gasteiger partial charge in [-0.3, -0.25) is 4.79 Å². The van der Waals surface area contributed by atoms with E-state index in [2.05, 4.69) is 26.6 Å². The second-order valence-electron chi connectivity index (χ2n) is 6.62. The lowest BCUT2D eigenvalue weighted by atomic mass is 10.2. The van der Waals surface area contributed by atoms with Gasteiger partial charge in [0, 0.05) is 42.3 Å². The van der Waals surface area contributed by atoms with Crippen molar-refractivity contribution in [2.45, 2.75) is 25.4 Å². The molecule has 26 heavy (non-hydrogen) atoms. The molecule has 2 aromatic rings. The fraction of sp³-hybridized carbons (Fsp3) is 0.474. The quantitative estimate of drug-likeness (QED) is 0.843. The van der Waals surface area contributed by atoms with Gasteiger partial charge in [0.05, 0.1) is 18.1 Å². The van der Waals surface area contributed by atoms with E-state index in [0.717, 1.165) is 55.5 Å². The van der Waals surface area contributed by atoms with E-state index in [1.807, 2.05) is 18.2 Å². The summed E-state index contributed by atoms with van der Waals surface area (Å²) in [5.41, 5.74) is 1.04. The van der Waals surface area contributed by atoms with Crippen LogP contribution in [0.1, 0.15) is 39.0 Å². The van der Waals surface area contributed by atoms with E-state index in [1.54, 1.807) is 17.5 Å². The lowest BCUT2D eigenvalue weighted by molar-refractivity contribution is 0.0954. The minimum Gasteiger partial charge on any atom is -0.378 e. The summed E-state index contributed by atoms with van der Waals surface area (Å²) >= 11 is 1.59.